The van der Waals surface area contributed by atoms with Gasteiger partial charge < -0.3 is 26.0 Å². The number of nitrogens with one attached hydrogen (secondary N) is 2. The van der Waals surface area contributed by atoms with E-state index in [1.165, 1.54) is 6.07 Å². The number of carbonyl (C=O) groups is 2. The van der Waals surface area contributed by atoms with E-state index in [0.29, 0.717) is 56.9 Å². The molecule has 1 saturated heterocycles. The van der Waals surface area contributed by atoms with E-state index >= 15 is 0 Å². The number of nitro groups is 1. The maximum atomic E-state index is 12.7. The van der Waals surface area contributed by atoms with E-state index in [1.54, 1.807) is 17.0 Å². The standard InChI is InChI=1S/C29H32N6O5/c30-24-7-3-1-5-21(24)18-31-13-14-32-28(36)20-9-10-26(27(17-20)35(38)39)33-15-11-23(12-16-33)34-25-8-4-2-6-22(25)19-40-29(34)37/h1-10,17,23,31H,11-16,18-19,30H2,(H,32,36). The first-order chi connectivity index (χ1) is 19.4. The summed E-state index contributed by atoms with van der Waals surface area (Å²) in [6, 6.07) is 19.7. The third-order valence-corrected chi connectivity index (χ3v) is 7.36. The van der Waals surface area contributed by atoms with Crippen molar-refractivity contribution in [2.45, 2.75) is 32.0 Å². The van der Waals surface area contributed by atoms with E-state index in [9.17, 15) is 19.7 Å². The minimum absolute atomic E-state index is 0.0683. The highest BCUT2D eigenvalue weighted by Gasteiger charge is 2.35. The van der Waals surface area contributed by atoms with E-state index in [2.05, 4.69) is 10.6 Å². The molecule has 0 atom stereocenters. The van der Waals surface area contributed by atoms with Gasteiger partial charge >= 0.3 is 6.09 Å². The number of cyclic esters (lactones) is 1. The number of ether oxygens (including phenoxy) is 1. The third kappa shape index (κ3) is 5.84. The lowest BCUT2D eigenvalue weighted by Gasteiger charge is -2.40. The quantitative estimate of drug-likeness (QED) is 0.160. The molecule has 2 amide bonds. The Bertz CT molecular complexity index is 1410. The topological polar surface area (TPSA) is 143 Å². The lowest BCUT2D eigenvalue weighted by atomic mass is 9.99. The highest BCUT2D eigenvalue weighted by atomic mass is 16.6. The maximum absolute atomic E-state index is 12.7. The van der Waals surface area contributed by atoms with Gasteiger partial charge in [-0.1, -0.05) is 36.4 Å². The normalized spacial score (nSPS) is 15.3. The van der Waals surface area contributed by atoms with Crippen molar-refractivity contribution in [2.24, 2.45) is 0 Å². The molecule has 2 heterocycles. The number of fused-ring (bicyclic) bond motifs is 1. The Hall–Kier alpha value is -4.64. The second-order valence-corrected chi connectivity index (χ2v) is 9.86. The van der Waals surface area contributed by atoms with Crippen LogP contribution in [0.25, 0.3) is 0 Å². The Labute approximate surface area is 232 Å². The Morgan fingerprint density at radius 3 is 2.55 bits per heavy atom. The van der Waals surface area contributed by atoms with Crippen LogP contribution in [0.5, 0.6) is 0 Å². The Morgan fingerprint density at radius 2 is 1.77 bits per heavy atom. The van der Waals surface area contributed by atoms with Crippen LogP contribution in [0, 0.1) is 10.1 Å². The number of amides is 2. The number of nitrogens with two attached hydrogens (primary N) is 1. The monoisotopic (exact) mass is 544 g/mol. The van der Waals surface area contributed by atoms with Gasteiger partial charge in [-0.2, -0.15) is 0 Å². The minimum atomic E-state index is -0.456. The summed E-state index contributed by atoms with van der Waals surface area (Å²) < 4.78 is 5.37. The number of nitro benzene ring substituents is 1. The van der Waals surface area contributed by atoms with Crippen LogP contribution in [0.4, 0.5) is 27.5 Å². The number of nitrogen functional groups attached to an aromatic ring is 1. The van der Waals surface area contributed by atoms with Gasteiger partial charge in [0.25, 0.3) is 11.6 Å². The van der Waals surface area contributed by atoms with Crippen molar-refractivity contribution in [3.63, 3.8) is 0 Å². The number of rotatable bonds is 9. The fourth-order valence-electron chi connectivity index (χ4n) is 5.25. The van der Waals surface area contributed by atoms with Crippen molar-refractivity contribution in [3.05, 3.63) is 93.5 Å². The molecule has 11 nitrogen and oxygen atoms in total. The predicted octanol–water partition coefficient (Wildman–Crippen LogP) is 3.82. The summed E-state index contributed by atoms with van der Waals surface area (Å²) >= 11 is 0. The van der Waals surface area contributed by atoms with Crippen molar-refractivity contribution < 1.29 is 19.2 Å². The van der Waals surface area contributed by atoms with Gasteiger partial charge in [0.2, 0.25) is 0 Å². The molecule has 0 unspecified atom stereocenters. The van der Waals surface area contributed by atoms with Crippen LogP contribution in [0.1, 0.15) is 34.3 Å². The molecule has 40 heavy (non-hydrogen) atoms. The zero-order valence-electron chi connectivity index (χ0n) is 22.0. The molecule has 5 rings (SSSR count). The number of hydrogen-bond acceptors (Lipinski definition) is 8. The zero-order valence-corrected chi connectivity index (χ0v) is 22.0. The second kappa shape index (κ2) is 12.0. The fourth-order valence-corrected chi connectivity index (χ4v) is 5.25. The van der Waals surface area contributed by atoms with Gasteiger partial charge in [-0.05, 0) is 42.7 Å². The highest BCUT2D eigenvalue weighted by Crippen LogP contribution is 2.35. The van der Waals surface area contributed by atoms with Crippen molar-refractivity contribution >= 4 is 34.7 Å². The van der Waals surface area contributed by atoms with Crippen molar-refractivity contribution in [1.82, 2.24) is 10.6 Å². The van der Waals surface area contributed by atoms with E-state index < -0.39 is 4.92 Å². The molecule has 2 aliphatic heterocycles. The highest BCUT2D eigenvalue weighted by molar-refractivity contribution is 5.96. The maximum Gasteiger partial charge on any atom is 0.414 e. The lowest BCUT2D eigenvalue weighted by molar-refractivity contribution is -0.384. The fraction of sp³-hybridized carbons (Fsp3) is 0.310. The van der Waals surface area contributed by atoms with E-state index in [-0.39, 0.29) is 35.9 Å². The van der Waals surface area contributed by atoms with Crippen LogP contribution < -0.4 is 26.2 Å². The van der Waals surface area contributed by atoms with E-state index in [0.717, 1.165) is 16.8 Å². The summed E-state index contributed by atoms with van der Waals surface area (Å²) in [7, 11) is 0. The number of nitrogens with zero attached hydrogens (tertiary/aromatic N) is 3. The van der Waals surface area contributed by atoms with Gasteiger partial charge in [0.05, 0.1) is 10.6 Å². The third-order valence-electron chi connectivity index (χ3n) is 7.36. The minimum Gasteiger partial charge on any atom is -0.444 e. The molecule has 0 saturated carbocycles. The van der Waals surface area contributed by atoms with Gasteiger partial charge in [-0.25, -0.2) is 4.79 Å². The van der Waals surface area contributed by atoms with Crippen molar-refractivity contribution in [2.75, 3.05) is 41.7 Å². The molecular formula is C29H32N6O5. The first-order valence-corrected chi connectivity index (χ1v) is 13.3. The first kappa shape index (κ1) is 26.9. The molecular weight excluding hydrogens is 512 g/mol. The molecule has 0 aromatic heterocycles. The SMILES string of the molecule is Nc1ccccc1CNCCNC(=O)c1ccc(N2CCC(N3C(=O)OCc4ccccc43)CC2)c([N+](=O)[O-])c1. The van der Waals surface area contributed by atoms with Crippen molar-refractivity contribution in [3.8, 4) is 0 Å². The lowest BCUT2D eigenvalue weighted by Crippen LogP contribution is -2.49. The van der Waals surface area contributed by atoms with Gasteiger partial charge in [0, 0.05) is 61.6 Å². The second-order valence-electron chi connectivity index (χ2n) is 9.86. The molecule has 0 spiro atoms. The molecule has 3 aromatic carbocycles. The summed E-state index contributed by atoms with van der Waals surface area (Å²) in [5, 5.41) is 18.0. The largest absolute Gasteiger partial charge is 0.444 e. The predicted molar refractivity (Wildman–Crippen MR) is 152 cm³/mol. The van der Waals surface area contributed by atoms with Crippen LogP contribution in [0.3, 0.4) is 0 Å². The smallest absolute Gasteiger partial charge is 0.414 e. The Morgan fingerprint density at radius 1 is 1.02 bits per heavy atom. The first-order valence-electron chi connectivity index (χ1n) is 13.3. The average Bonchev–Trinajstić information content (AvgIpc) is 2.97. The van der Waals surface area contributed by atoms with Gasteiger partial charge in [-0.3, -0.25) is 19.8 Å². The molecule has 3 aromatic rings. The number of benzene rings is 3. The van der Waals surface area contributed by atoms with Crippen LogP contribution in [-0.2, 0) is 17.9 Å². The summed E-state index contributed by atoms with van der Waals surface area (Å²) in [4.78, 5) is 40.4. The van der Waals surface area contributed by atoms with Crippen LogP contribution in [0.15, 0.2) is 66.7 Å². The summed E-state index contributed by atoms with van der Waals surface area (Å²) in [5.41, 5.74) is 10.0. The summed E-state index contributed by atoms with van der Waals surface area (Å²) in [5.74, 6) is -0.378. The Balaban J connectivity index is 1.18. The van der Waals surface area contributed by atoms with Crippen LogP contribution in [0.2, 0.25) is 0 Å². The summed E-state index contributed by atoms with van der Waals surface area (Å²) in [6.07, 6.45) is 0.896. The van der Waals surface area contributed by atoms with Crippen molar-refractivity contribution in [1.29, 1.82) is 0 Å². The molecule has 1 fully saturated rings. The molecule has 0 aliphatic carbocycles. The molecule has 208 valence electrons. The number of hydrogen-bond donors (Lipinski definition) is 3. The van der Waals surface area contributed by atoms with Crippen LogP contribution in [-0.4, -0.2) is 49.1 Å². The van der Waals surface area contributed by atoms with Gasteiger partial charge in [0.1, 0.15) is 12.3 Å². The molecule has 0 bridgehead atoms. The zero-order chi connectivity index (χ0) is 28.1. The van der Waals surface area contributed by atoms with Crippen LogP contribution >= 0.6 is 0 Å². The number of carbonyl (C=O) groups excluding carboxylic acids is 2. The molecule has 11 heteroatoms. The molecule has 2 aliphatic rings. The van der Waals surface area contributed by atoms with Gasteiger partial charge in [0.15, 0.2) is 0 Å². The average molecular weight is 545 g/mol. The number of para-hydroxylation sites is 2. The van der Waals surface area contributed by atoms with E-state index in [4.69, 9.17) is 10.5 Å². The number of anilines is 3. The van der Waals surface area contributed by atoms with E-state index in [1.807, 2.05) is 53.4 Å². The molecule has 0 radical (unpaired) electrons. The number of piperidine rings is 1. The van der Waals surface area contributed by atoms with Gasteiger partial charge in [-0.15, -0.1) is 0 Å². The molecule has 4 N–H and O–H groups in total. The Kier molecular flexibility index (Phi) is 8.11. The summed E-state index contributed by atoms with van der Waals surface area (Å²) in [6.45, 7) is 2.77.